The van der Waals surface area contributed by atoms with Crippen molar-refractivity contribution in [1.29, 1.82) is 5.26 Å². The van der Waals surface area contributed by atoms with Crippen LogP contribution in [0.15, 0.2) is 61.1 Å². The average Bonchev–Trinajstić information content (AvgIpc) is 3.35. The first-order valence-electron chi connectivity index (χ1n) is 11.8. The van der Waals surface area contributed by atoms with Crippen LogP contribution in [-0.4, -0.2) is 46.5 Å². The van der Waals surface area contributed by atoms with E-state index in [9.17, 15) is 14.9 Å². The maximum absolute atomic E-state index is 13.1. The number of piperidine rings is 1. The smallest absolute Gasteiger partial charge is 0.312 e. The molecule has 0 N–H and O–H groups in total. The first kappa shape index (κ1) is 24.7. The van der Waals surface area contributed by atoms with Crippen LogP contribution in [0.5, 0.6) is 0 Å². The lowest BCUT2D eigenvalue weighted by molar-refractivity contribution is -0.157. The van der Waals surface area contributed by atoms with Gasteiger partial charge in [-0.1, -0.05) is 36.4 Å². The minimum absolute atomic E-state index is 0.00922. The largest absolute Gasteiger partial charge is 0.469 e. The molecule has 36 heavy (non-hydrogen) atoms. The second kappa shape index (κ2) is 10.9. The molecule has 2 heterocycles. The van der Waals surface area contributed by atoms with Gasteiger partial charge in [0.1, 0.15) is 0 Å². The van der Waals surface area contributed by atoms with Gasteiger partial charge in [-0.25, -0.2) is 9.83 Å². The van der Waals surface area contributed by atoms with Gasteiger partial charge in [-0.3, -0.25) is 9.59 Å². The number of nitrogens with zero attached hydrogens (tertiary/aromatic N) is 5. The van der Waals surface area contributed by atoms with Gasteiger partial charge in [-0.2, -0.15) is 5.26 Å². The topological polar surface area (TPSA) is 92.6 Å². The minimum Gasteiger partial charge on any atom is -0.469 e. The van der Waals surface area contributed by atoms with Gasteiger partial charge < -0.3 is 14.2 Å². The summed E-state index contributed by atoms with van der Waals surface area (Å²) in [5.41, 5.74) is 3.17. The molecule has 2 aromatic carbocycles. The Morgan fingerprint density at radius 1 is 1.17 bits per heavy atom. The van der Waals surface area contributed by atoms with Crippen molar-refractivity contribution in [3.05, 3.63) is 94.9 Å². The molecule has 1 saturated heterocycles. The second-order valence-corrected chi connectivity index (χ2v) is 9.11. The van der Waals surface area contributed by atoms with Gasteiger partial charge in [0.15, 0.2) is 5.69 Å². The third kappa shape index (κ3) is 5.45. The number of esters is 1. The van der Waals surface area contributed by atoms with Gasteiger partial charge in [0.25, 0.3) is 0 Å². The normalized spacial score (nSPS) is 14.5. The van der Waals surface area contributed by atoms with E-state index in [4.69, 9.17) is 11.3 Å². The number of nitriles is 1. The van der Waals surface area contributed by atoms with Crippen LogP contribution < -0.4 is 0 Å². The lowest BCUT2D eigenvalue weighted by Gasteiger charge is -2.40. The Morgan fingerprint density at radius 2 is 1.92 bits per heavy atom. The Bertz CT molecular complexity index is 1320. The number of benzene rings is 2. The van der Waals surface area contributed by atoms with E-state index < -0.39 is 5.41 Å². The van der Waals surface area contributed by atoms with Gasteiger partial charge in [0.05, 0.1) is 43.5 Å². The molecule has 0 saturated carbocycles. The summed E-state index contributed by atoms with van der Waals surface area (Å²) < 4.78 is 7.09. The number of likely N-dealkylation sites (tertiary alicyclic amines) is 1. The first-order valence-corrected chi connectivity index (χ1v) is 11.8. The van der Waals surface area contributed by atoms with Crippen molar-refractivity contribution in [2.45, 2.75) is 32.2 Å². The van der Waals surface area contributed by atoms with Crippen molar-refractivity contribution in [2.75, 3.05) is 20.2 Å². The number of imidazole rings is 1. The van der Waals surface area contributed by atoms with Crippen molar-refractivity contribution in [3.63, 3.8) is 0 Å². The number of methoxy groups -OCH3 is 1. The molecule has 8 nitrogen and oxygen atoms in total. The number of amides is 1. The van der Waals surface area contributed by atoms with E-state index in [-0.39, 0.29) is 18.3 Å². The van der Waals surface area contributed by atoms with Gasteiger partial charge in [-0.15, -0.1) is 0 Å². The van der Waals surface area contributed by atoms with Crippen LogP contribution in [0.1, 0.15) is 35.2 Å². The molecular weight excluding hydrogens is 454 g/mol. The predicted molar refractivity (Wildman–Crippen MR) is 133 cm³/mol. The lowest BCUT2D eigenvalue weighted by atomic mass is 9.73. The van der Waals surface area contributed by atoms with Crippen LogP contribution >= 0.6 is 0 Å². The van der Waals surface area contributed by atoms with E-state index in [2.05, 4.69) is 15.9 Å². The van der Waals surface area contributed by atoms with Gasteiger partial charge in [-0.05, 0) is 42.5 Å². The molecule has 0 radical (unpaired) electrons. The Labute approximate surface area is 210 Å². The highest BCUT2D eigenvalue weighted by Gasteiger charge is 2.43. The summed E-state index contributed by atoms with van der Waals surface area (Å²) in [5, 5.41) is 9.21. The molecule has 0 unspecified atom stereocenters. The van der Waals surface area contributed by atoms with Crippen LogP contribution in [0.4, 0.5) is 5.69 Å². The molecule has 3 aromatic rings. The molecule has 4 rings (SSSR count). The van der Waals surface area contributed by atoms with Crippen molar-refractivity contribution >= 4 is 17.6 Å². The SMILES string of the molecule is [C-]#[N+]c1ccc(Cn2cncc2CC(=O)N2CCC(Cc3cccc(C#N)c3)(C(=O)OC)CC2)cc1. The number of carbonyl (C=O) groups excluding carboxylic acids is 2. The van der Waals surface area contributed by atoms with Crippen molar-refractivity contribution in [1.82, 2.24) is 14.5 Å². The number of rotatable bonds is 7. The van der Waals surface area contributed by atoms with E-state index in [1.807, 2.05) is 28.8 Å². The zero-order valence-corrected chi connectivity index (χ0v) is 20.2. The molecule has 8 heteroatoms. The average molecular weight is 482 g/mol. The molecule has 0 spiro atoms. The van der Waals surface area contributed by atoms with E-state index >= 15 is 0 Å². The van der Waals surface area contributed by atoms with Crippen LogP contribution in [-0.2, 0) is 33.7 Å². The Morgan fingerprint density at radius 3 is 2.58 bits per heavy atom. The number of ether oxygens (including phenoxy) is 1. The summed E-state index contributed by atoms with van der Waals surface area (Å²) in [6.07, 6.45) is 5.09. The van der Waals surface area contributed by atoms with Gasteiger partial charge in [0.2, 0.25) is 5.91 Å². The fraction of sp³-hybridized carbons (Fsp3) is 0.321. The molecule has 182 valence electrons. The zero-order chi connectivity index (χ0) is 25.5. The Hall–Kier alpha value is -4.43. The summed E-state index contributed by atoms with van der Waals surface area (Å²) in [6.45, 7) is 8.56. The van der Waals surface area contributed by atoms with E-state index in [0.717, 1.165) is 16.8 Å². The second-order valence-electron chi connectivity index (χ2n) is 9.11. The van der Waals surface area contributed by atoms with Gasteiger partial charge in [0, 0.05) is 31.5 Å². The van der Waals surface area contributed by atoms with Crippen molar-refractivity contribution in [3.8, 4) is 6.07 Å². The highest BCUT2D eigenvalue weighted by Crippen LogP contribution is 2.37. The molecule has 1 fully saturated rings. The minimum atomic E-state index is -0.723. The highest BCUT2D eigenvalue weighted by molar-refractivity contribution is 5.80. The summed E-state index contributed by atoms with van der Waals surface area (Å²) in [4.78, 5) is 35.4. The molecule has 0 atom stereocenters. The van der Waals surface area contributed by atoms with E-state index in [1.54, 1.807) is 41.7 Å². The fourth-order valence-corrected chi connectivity index (χ4v) is 4.77. The summed E-state index contributed by atoms with van der Waals surface area (Å²) in [5.74, 6) is -0.288. The number of hydrogen-bond acceptors (Lipinski definition) is 5. The number of carbonyl (C=O) groups is 2. The van der Waals surface area contributed by atoms with Crippen LogP contribution in [0, 0.1) is 23.3 Å². The quantitative estimate of drug-likeness (QED) is 0.377. The molecule has 1 aromatic heterocycles. The van der Waals surface area contributed by atoms with Gasteiger partial charge >= 0.3 is 5.97 Å². The fourth-order valence-electron chi connectivity index (χ4n) is 4.77. The summed E-state index contributed by atoms with van der Waals surface area (Å²) in [6, 6.07) is 16.8. The maximum atomic E-state index is 13.1. The molecule has 1 aliphatic rings. The molecule has 0 bridgehead atoms. The van der Waals surface area contributed by atoms with Crippen LogP contribution in [0.3, 0.4) is 0 Å². The predicted octanol–water partition coefficient (Wildman–Crippen LogP) is 3.92. The third-order valence-electron chi connectivity index (χ3n) is 6.84. The molecule has 1 amide bonds. The lowest BCUT2D eigenvalue weighted by Crippen LogP contribution is -2.48. The Kier molecular flexibility index (Phi) is 7.46. The standard InChI is InChI=1S/C28H27N5O3/c1-30-24-8-6-21(7-9-24)19-33-20-31-18-25(33)15-26(34)32-12-10-28(11-13-32,27(35)36-2)16-22-4-3-5-23(14-22)17-29/h3-9,14,18,20H,10-13,15-16,19H2,2H3. The van der Waals surface area contributed by atoms with Crippen molar-refractivity contribution < 1.29 is 14.3 Å². The Balaban J connectivity index is 1.41. The first-order chi connectivity index (χ1) is 17.5. The van der Waals surface area contributed by atoms with Crippen molar-refractivity contribution in [2.24, 2.45) is 5.41 Å². The third-order valence-corrected chi connectivity index (χ3v) is 6.84. The van der Waals surface area contributed by atoms with Crippen LogP contribution in [0.2, 0.25) is 0 Å². The monoisotopic (exact) mass is 481 g/mol. The zero-order valence-electron chi connectivity index (χ0n) is 20.2. The molecule has 1 aliphatic heterocycles. The molecular formula is C28H27N5O3. The summed E-state index contributed by atoms with van der Waals surface area (Å²) >= 11 is 0. The van der Waals surface area contributed by atoms with E-state index in [0.29, 0.717) is 50.1 Å². The van der Waals surface area contributed by atoms with Crippen LogP contribution in [0.25, 0.3) is 4.85 Å². The maximum Gasteiger partial charge on any atom is 0.312 e. The molecule has 0 aliphatic carbocycles. The summed E-state index contributed by atoms with van der Waals surface area (Å²) in [7, 11) is 1.39. The number of hydrogen-bond donors (Lipinski definition) is 0. The van der Waals surface area contributed by atoms with E-state index in [1.165, 1.54) is 7.11 Å². The highest BCUT2D eigenvalue weighted by atomic mass is 16.5. The number of aromatic nitrogens is 2.